The molecule has 0 bridgehead atoms. The smallest absolute Gasteiger partial charge is 0.416 e. The first-order valence-corrected chi connectivity index (χ1v) is 5.93. The predicted molar refractivity (Wildman–Crippen MR) is 66.1 cm³/mol. The van der Waals surface area contributed by atoms with Crippen LogP contribution in [0, 0.1) is 6.92 Å². The first-order chi connectivity index (χ1) is 8.75. The summed E-state index contributed by atoms with van der Waals surface area (Å²) in [6.07, 6.45) is -3.46. The summed E-state index contributed by atoms with van der Waals surface area (Å²) in [6, 6.07) is 2.37. The van der Waals surface area contributed by atoms with Crippen molar-refractivity contribution in [3.8, 4) is 0 Å². The second kappa shape index (κ2) is 5.95. The molecule has 0 aromatic heterocycles. The number of aryl methyl sites for hydroxylation is 1. The van der Waals surface area contributed by atoms with E-state index in [1.165, 1.54) is 6.07 Å². The molecule has 0 amide bonds. The maximum absolute atomic E-state index is 12.6. The SMILES string of the molecule is CCCC(Nc1cc(C(F)(F)F)ccc1C)C(=O)O. The summed E-state index contributed by atoms with van der Waals surface area (Å²) < 4.78 is 37.8. The summed E-state index contributed by atoms with van der Waals surface area (Å²) in [6.45, 7) is 3.45. The molecule has 0 radical (unpaired) electrons. The number of rotatable bonds is 5. The zero-order valence-electron chi connectivity index (χ0n) is 10.7. The molecule has 0 saturated carbocycles. The lowest BCUT2D eigenvalue weighted by Crippen LogP contribution is -2.29. The molecule has 0 aliphatic rings. The molecule has 0 heterocycles. The molecule has 1 rings (SSSR count). The maximum Gasteiger partial charge on any atom is 0.416 e. The lowest BCUT2D eigenvalue weighted by Gasteiger charge is -2.18. The van der Waals surface area contributed by atoms with Crippen LogP contribution < -0.4 is 5.32 Å². The van der Waals surface area contributed by atoms with Gasteiger partial charge in [0.25, 0.3) is 0 Å². The highest BCUT2D eigenvalue weighted by atomic mass is 19.4. The summed E-state index contributed by atoms with van der Waals surface area (Å²) in [5, 5.41) is 11.7. The molecule has 0 spiro atoms. The Balaban J connectivity index is 3.02. The highest BCUT2D eigenvalue weighted by Crippen LogP contribution is 2.32. The number of alkyl halides is 3. The lowest BCUT2D eigenvalue weighted by molar-refractivity contribution is -0.138. The quantitative estimate of drug-likeness (QED) is 0.861. The van der Waals surface area contributed by atoms with Gasteiger partial charge in [0.2, 0.25) is 0 Å². The Morgan fingerprint density at radius 1 is 1.42 bits per heavy atom. The average molecular weight is 275 g/mol. The molecule has 106 valence electrons. The van der Waals surface area contributed by atoms with Crippen molar-refractivity contribution in [1.82, 2.24) is 0 Å². The van der Waals surface area contributed by atoms with Gasteiger partial charge >= 0.3 is 12.1 Å². The Kier molecular flexibility index (Phi) is 4.80. The fourth-order valence-electron chi connectivity index (χ4n) is 1.69. The Labute approximate surface area is 109 Å². The van der Waals surface area contributed by atoms with E-state index in [1.54, 1.807) is 6.92 Å². The molecule has 0 aliphatic heterocycles. The van der Waals surface area contributed by atoms with E-state index in [2.05, 4.69) is 5.32 Å². The molecule has 3 nitrogen and oxygen atoms in total. The second-order valence-corrected chi connectivity index (χ2v) is 4.35. The monoisotopic (exact) mass is 275 g/mol. The van der Waals surface area contributed by atoms with Crippen LogP contribution in [0.3, 0.4) is 0 Å². The molecule has 6 heteroatoms. The molecule has 1 aromatic carbocycles. The van der Waals surface area contributed by atoms with Gasteiger partial charge in [-0.15, -0.1) is 0 Å². The van der Waals surface area contributed by atoms with E-state index in [1.807, 2.05) is 6.92 Å². The Morgan fingerprint density at radius 3 is 2.53 bits per heavy atom. The van der Waals surface area contributed by atoms with Crippen molar-refractivity contribution >= 4 is 11.7 Å². The number of halogens is 3. The molecule has 0 fully saturated rings. The summed E-state index contributed by atoms with van der Waals surface area (Å²) in [7, 11) is 0. The van der Waals surface area contributed by atoms with Gasteiger partial charge in [0.1, 0.15) is 6.04 Å². The fraction of sp³-hybridized carbons (Fsp3) is 0.462. The predicted octanol–water partition coefficient (Wildman–Crippen LogP) is 3.68. The van der Waals surface area contributed by atoms with Crippen molar-refractivity contribution in [2.45, 2.75) is 38.9 Å². The largest absolute Gasteiger partial charge is 0.480 e. The molecular formula is C13H16F3NO2. The molecule has 0 aliphatic carbocycles. The number of aliphatic carboxylic acids is 1. The molecule has 0 saturated heterocycles. The van der Waals surface area contributed by atoms with Crippen LogP contribution in [-0.2, 0) is 11.0 Å². The van der Waals surface area contributed by atoms with Crippen LogP contribution in [0.4, 0.5) is 18.9 Å². The minimum Gasteiger partial charge on any atom is -0.480 e. The number of nitrogens with one attached hydrogen (secondary N) is 1. The van der Waals surface area contributed by atoms with E-state index < -0.39 is 23.8 Å². The molecule has 1 aromatic rings. The Morgan fingerprint density at radius 2 is 2.05 bits per heavy atom. The number of anilines is 1. The highest BCUT2D eigenvalue weighted by molar-refractivity contribution is 5.77. The summed E-state index contributed by atoms with van der Waals surface area (Å²) in [4.78, 5) is 11.0. The van der Waals surface area contributed by atoms with Gasteiger partial charge in [0, 0.05) is 5.69 Å². The number of benzene rings is 1. The van der Waals surface area contributed by atoms with E-state index in [0.717, 1.165) is 12.1 Å². The maximum atomic E-state index is 12.6. The molecule has 19 heavy (non-hydrogen) atoms. The topological polar surface area (TPSA) is 49.3 Å². The van der Waals surface area contributed by atoms with E-state index in [9.17, 15) is 18.0 Å². The van der Waals surface area contributed by atoms with Crippen LogP contribution >= 0.6 is 0 Å². The summed E-state index contributed by atoms with van der Waals surface area (Å²) in [5.74, 6) is -1.07. The van der Waals surface area contributed by atoms with Crippen molar-refractivity contribution in [2.75, 3.05) is 5.32 Å². The summed E-state index contributed by atoms with van der Waals surface area (Å²) in [5.41, 5.74) is -0.00716. The summed E-state index contributed by atoms with van der Waals surface area (Å²) >= 11 is 0. The van der Waals surface area contributed by atoms with Crippen molar-refractivity contribution < 1.29 is 23.1 Å². The number of hydrogen-bond acceptors (Lipinski definition) is 2. The Bertz CT molecular complexity index is 458. The highest BCUT2D eigenvalue weighted by Gasteiger charge is 2.31. The van der Waals surface area contributed by atoms with Gasteiger partial charge in [0.05, 0.1) is 5.56 Å². The van der Waals surface area contributed by atoms with Crippen molar-refractivity contribution in [2.24, 2.45) is 0 Å². The normalized spacial score (nSPS) is 13.1. The van der Waals surface area contributed by atoms with E-state index >= 15 is 0 Å². The van der Waals surface area contributed by atoms with Crippen LogP contribution in [0.15, 0.2) is 18.2 Å². The van der Waals surface area contributed by atoms with Gasteiger partial charge in [-0.1, -0.05) is 19.4 Å². The van der Waals surface area contributed by atoms with Crippen LogP contribution in [0.1, 0.15) is 30.9 Å². The number of carbonyl (C=O) groups is 1. The zero-order chi connectivity index (χ0) is 14.6. The first-order valence-electron chi connectivity index (χ1n) is 5.93. The van der Waals surface area contributed by atoms with Crippen molar-refractivity contribution in [3.05, 3.63) is 29.3 Å². The third-order valence-electron chi connectivity index (χ3n) is 2.77. The van der Waals surface area contributed by atoms with E-state index in [4.69, 9.17) is 5.11 Å². The van der Waals surface area contributed by atoms with Gasteiger partial charge in [-0.3, -0.25) is 0 Å². The third kappa shape index (κ3) is 4.15. The second-order valence-electron chi connectivity index (χ2n) is 4.35. The fourth-order valence-corrected chi connectivity index (χ4v) is 1.69. The van der Waals surface area contributed by atoms with E-state index in [0.29, 0.717) is 18.4 Å². The molecule has 2 N–H and O–H groups in total. The zero-order valence-corrected chi connectivity index (χ0v) is 10.7. The Hall–Kier alpha value is -1.72. The van der Waals surface area contributed by atoms with Crippen molar-refractivity contribution in [3.63, 3.8) is 0 Å². The average Bonchev–Trinajstić information content (AvgIpc) is 2.29. The lowest BCUT2D eigenvalue weighted by atomic mass is 10.1. The molecule has 1 unspecified atom stereocenters. The van der Waals surface area contributed by atoms with Crippen LogP contribution in [0.25, 0.3) is 0 Å². The van der Waals surface area contributed by atoms with E-state index in [-0.39, 0.29) is 5.69 Å². The van der Waals surface area contributed by atoms with Gasteiger partial charge in [-0.25, -0.2) is 4.79 Å². The first kappa shape index (κ1) is 15.3. The molecule has 1 atom stereocenters. The number of carboxylic acid groups (broad SMARTS) is 1. The number of hydrogen-bond donors (Lipinski definition) is 2. The number of carboxylic acids is 1. The van der Waals surface area contributed by atoms with Crippen molar-refractivity contribution in [1.29, 1.82) is 0 Å². The standard InChI is InChI=1S/C13H16F3NO2/c1-3-4-10(12(18)19)17-11-7-9(13(14,15)16)6-5-8(11)2/h5-7,10,17H,3-4H2,1-2H3,(H,18,19). The molecular weight excluding hydrogens is 259 g/mol. The minimum atomic E-state index is -4.44. The van der Waals surface area contributed by atoms with Crippen LogP contribution in [0.2, 0.25) is 0 Å². The van der Waals surface area contributed by atoms with Gasteiger partial charge < -0.3 is 10.4 Å². The van der Waals surface area contributed by atoms with Gasteiger partial charge in [0.15, 0.2) is 0 Å². The van der Waals surface area contributed by atoms with Gasteiger partial charge in [-0.05, 0) is 31.0 Å². The minimum absolute atomic E-state index is 0.204. The van der Waals surface area contributed by atoms with Gasteiger partial charge in [-0.2, -0.15) is 13.2 Å². The van der Waals surface area contributed by atoms with Crippen LogP contribution in [-0.4, -0.2) is 17.1 Å². The van der Waals surface area contributed by atoms with Crippen LogP contribution in [0.5, 0.6) is 0 Å². The third-order valence-corrected chi connectivity index (χ3v) is 2.77.